The number of amides is 1. The molecule has 108 valence electrons. The summed E-state index contributed by atoms with van der Waals surface area (Å²) in [6.07, 6.45) is 0.200. The second kappa shape index (κ2) is 6.05. The third kappa shape index (κ3) is 3.36. The second-order valence-electron chi connectivity index (χ2n) is 5.19. The summed E-state index contributed by atoms with van der Waals surface area (Å²) in [6.45, 7) is 4.17. The zero-order chi connectivity index (χ0) is 14.7. The summed E-state index contributed by atoms with van der Waals surface area (Å²) in [4.78, 5) is 22.9. The van der Waals surface area contributed by atoms with Gasteiger partial charge in [-0.15, -0.1) is 0 Å². The molecule has 2 atom stereocenters. The number of hydrogen-bond donors (Lipinski definition) is 2. The summed E-state index contributed by atoms with van der Waals surface area (Å²) in [5, 5.41) is 11.7. The molecular formula is C15H19NO4. The fourth-order valence-electron chi connectivity index (χ4n) is 2.32. The maximum absolute atomic E-state index is 12.1. The Bertz CT molecular complexity index is 527. The number of aryl methyl sites for hydroxylation is 2. The first-order valence-corrected chi connectivity index (χ1v) is 6.71. The van der Waals surface area contributed by atoms with Crippen molar-refractivity contribution in [1.29, 1.82) is 0 Å². The number of carboxylic acids is 1. The smallest absolute Gasteiger partial charge is 0.332 e. The molecule has 1 aromatic carbocycles. The summed E-state index contributed by atoms with van der Waals surface area (Å²) in [5.74, 6) is -1.08. The zero-order valence-electron chi connectivity index (χ0n) is 11.7. The molecule has 5 heteroatoms. The van der Waals surface area contributed by atoms with Crippen LogP contribution in [0.3, 0.4) is 0 Å². The Labute approximate surface area is 117 Å². The van der Waals surface area contributed by atoms with Gasteiger partial charge in [0.05, 0.1) is 6.10 Å². The van der Waals surface area contributed by atoms with E-state index in [1.165, 1.54) is 0 Å². The van der Waals surface area contributed by atoms with Crippen molar-refractivity contribution in [2.75, 3.05) is 6.54 Å². The molecule has 1 amide bonds. The highest BCUT2D eigenvalue weighted by atomic mass is 16.5. The van der Waals surface area contributed by atoms with Gasteiger partial charge < -0.3 is 15.2 Å². The average Bonchev–Trinajstić information content (AvgIpc) is 2.88. The number of ether oxygens (including phenoxy) is 1. The van der Waals surface area contributed by atoms with Crippen LogP contribution in [0, 0.1) is 13.8 Å². The summed E-state index contributed by atoms with van der Waals surface area (Å²) < 4.78 is 5.35. The monoisotopic (exact) mass is 277 g/mol. The molecule has 2 unspecified atom stereocenters. The molecule has 1 aliphatic heterocycles. The Morgan fingerprint density at radius 1 is 1.35 bits per heavy atom. The summed E-state index contributed by atoms with van der Waals surface area (Å²) in [6, 6.07) is 5.72. The molecule has 1 aromatic rings. The predicted molar refractivity (Wildman–Crippen MR) is 73.8 cm³/mol. The number of rotatable bonds is 4. The molecule has 2 rings (SSSR count). The van der Waals surface area contributed by atoms with Crippen LogP contribution in [0.25, 0.3) is 0 Å². The summed E-state index contributed by atoms with van der Waals surface area (Å²) >= 11 is 0. The maximum Gasteiger partial charge on any atom is 0.332 e. The van der Waals surface area contributed by atoms with Gasteiger partial charge in [0.25, 0.3) is 5.91 Å². The molecule has 1 heterocycles. The van der Waals surface area contributed by atoms with Crippen LogP contribution in [-0.4, -0.2) is 35.7 Å². The lowest BCUT2D eigenvalue weighted by Gasteiger charge is -2.13. The van der Waals surface area contributed by atoms with Crippen molar-refractivity contribution in [2.24, 2.45) is 0 Å². The molecule has 1 fully saturated rings. The van der Waals surface area contributed by atoms with Gasteiger partial charge in [0, 0.05) is 12.1 Å². The van der Waals surface area contributed by atoms with Crippen LogP contribution < -0.4 is 5.32 Å². The van der Waals surface area contributed by atoms with Gasteiger partial charge in [0.1, 0.15) is 0 Å². The number of aliphatic carboxylic acids is 1. The lowest BCUT2D eigenvalue weighted by Crippen LogP contribution is -2.33. The number of hydrogen-bond acceptors (Lipinski definition) is 3. The van der Waals surface area contributed by atoms with Gasteiger partial charge in [-0.3, -0.25) is 4.79 Å². The fraction of sp³-hybridized carbons (Fsp3) is 0.467. The molecule has 5 nitrogen and oxygen atoms in total. The zero-order valence-corrected chi connectivity index (χ0v) is 11.7. The number of carboxylic acid groups (broad SMARTS) is 1. The first-order chi connectivity index (χ1) is 9.47. The van der Waals surface area contributed by atoms with Crippen LogP contribution in [0.2, 0.25) is 0 Å². The highest BCUT2D eigenvalue weighted by molar-refractivity contribution is 5.95. The average molecular weight is 277 g/mol. The molecule has 20 heavy (non-hydrogen) atoms. The van der Waals surface area contributed by atoms with Gasteiger partial charge >= 0.3 is 5.97 Å². The molecule has 2 N–H and O–H groups in total. The first kappa shape index (κ1) is 14.5. The highest BCUT2D eigenvalue weighted by Gasteiger charge is 2.30. The number of nitrogens with one attached hydrogen (secondary N) is 1. The minimum Gasteiger partial charge on any atom is -0.479 e. The molecule has 0 aliphatic carbocycles. The van der Waals surface area contributed by atoms with Crippen LogP contribution in [-0.2, 0) is 9.53 Å². The van der Waals surface area contributed by atoms with E-state index in [2.05, 4.69) is 5.32 Å². The fourth-order valence-corrected chi connectivity index (χ4v) is 2.32. The normalized spacial score (nSPS) is 21.7. The van der Waals surface area contributed by atoms with Gasteiger partial charge in [0.2, 0.25) is 0 Å². The topological polar surface area (TPSA) is 75.6 Å². The minimum absolute atomic E-state index is 0.145. The van der Waals surface area contributed by atoms with Gasteiger partial charge in [0.15, 0.2) is 6.10 Å². The molecule has 1 saturated heterocycles. The SMILES string of the molecule is Cc1ccc(C)c(C(=O)NCC2CCC(C(=O)O)O2)c1. The largest absolute Gasteiger partial charge is 0.479 e. The van der Waals surface area contributed by atoms with Crippen molar-refractivity contribution >= 4 is 11.9 Å². The number of benzene rings is 1. The molecule has 0 saturated carbocycles. The Morgan fingerprint density at radius 2 is 2.10 bits per heavy atom. The van der Waals surface area contributed by atoms with E-state index in [1.54, 1.807) is 0 Å². The van der Waals surface area contributed by atoms with Gasteiger partial charge in [-0.25, -0.2) is 4.79 Å². The maximum atomic E-state index is 12.1. The molecule has 0 aromatic heterocycles. The van der Waals surface area contributed by atoms with Crippen molar-refractivity contribution in [2.45, 2.75) is 38.9 Å². The van der Waals surface area contributed by atoms with E-state index in [4.69, 9.17) is 9.84 Å². The predicted octanol–water partition coefficient (Wildman–Crippen LogP) is 1.67. The van der Waals surface area contributed by atoms with E-state index in [0.717, 1.165) is 11.1 Å². The van der Waals surface area contributed by atoms with Crippen LogP contribution >= 0.6 is 0 Å². The van der Waals surface area contributed by atoms with Crippen LogP contribution in [0.5, 0.6) is 0 Å². The van der Waals surface area contributed by atoms with Crippen molar-refractivity contribution < 1.29 is 19.4 Å². The van der Waals surface area contributed by atoms with Gasteiger partial charge in [-0.1, -0.05) is 17.7 Å². The van der Waals surface area contributed by atoms with Crippen LogP contribution in [0.4, 0.5) is 0 Å². The molecule has 0 spiro atoms. The van der Waals surface area contributed by atoms with E-state index < -0.39 is 12.1 Å². The number of carbonyl (C=O) groups is 2. The first-order valence-electron chi connectivity index (χ1n) is 6.71. The third-order valence-electron chi connectivity index (χ3n) is 3.51. The Kier molecular flexibility index (Phi) is 4.39. The third-order valence-corrected chi connectivity index (χ3v) is 3.51. The van der Waals surface area contributed by atoms with Crippen LogP contribution in [0.15, 0.2) is 18.2 Å². The Morgan fingerprint density at radius 3 is 2.75 bits per heavy atom. The van der Waals surface area contributed by atoms with Crippen molar-refractivity contribution in [3.8, 4) is 0 Å². The van der Waals surface area contributed by atoms with E-state index >= 15 is 0 Å². The van der Waals surface area contributed by atoms with E-state index in [1.807, 2.05) is 32.0 Å². The Balaban J connectivity index is 1.90. The number of carbonyl (C=O) groups excluding carboxylic acids is 1. The molecular weight excluding hydrogens is 258 g/mol. The van der Waals surface area contributed by atoms with E-state index in [-0.39, 0.29) is 12.0 Å². The van der Waals surface area contributed by atoms with Crippen LogP contribution in [0.1, 0.15) is 34.3 Å². The summed E-state index contributed by atoms with van der Waals surface area (Å²) in [7, 11) is 0. The lowest BCUT2D eigenvalue weighted by molar-refractivity contribution is -0.149. The van der Waals surface area contributed by atoms with Crippen molar-refractivity contribution in [3.05, 3.63) is 34.9 Å². The van der Waals surface area contributed by atoms with Crippen molar-refractivity contribution in [3.63, 3.8) is 0 Å². The van der Waals surface area contributed by atoms with Gasteiger partial charge in [-0.2, -0.15) is 0 Å². The molecule has 0 radical (unpaired) electrons. The van der Waals surface area contributed by atoms with Crippen molar-refractivity contribution in [1.82, 2.24) is 5.32 Å². The van der Waals surface area contributed by atoms with E-state index in [0.29, 0.717) is 24.9 Å². The lowest BCUT2D eigenvalue weighted by atomic mass is 10.1. The van der Waals surface area contributed by atoms with Gasteiger partial charge in [-0.05, 0) is 38.3 Å². The highest BCUT2D eigenvalue weighted by Crippen LogP contribution is 2.19. The second-order valence-corrected chi connectivity index (χ2v) is 5.19. The minimum atomic E-state index is -0.937. The summed E-state index contributed by atoms with van der Waals surface area (Å²) in [5.41, 5.74) is 2.60. The quantitative estimate of drug-likeness (QED) is 0.877. The molecule has 1 aliphatic rings. The molecule has 0 bridgehead atoms. The van der Waals surface area contributed by atoms with E-state index in [9.17, 15) is 9.59 Å². The standard InChI is InChI=1S/C15H19NO4/c1-9-3-4-10(2)12(7-9)14(17)16-8-11-5-6-13(20-11)15(18)19/h3-4,7,11,13H,5-6,8H2,1-2H3,(H,16,17)(H,18,19). The Hall–Kier alpha value is -1.88.